The number of benzene rings is 2. The van der Waals surface area contributed by atoms with Gasteiger partial charge >= 0.3 is 11.9 Å². The normalized spacial score (nSPS) is 11.2. The molecule has 3 aromatic rings. The van der Waals surface area contributed by atoms with E-state index in [4.69, 9.17) is 13.9 Å². The van der Waals surface area contributed by atoms with Crippen LogP contribution in [-0.2, 0) is 25.5 Å². The summed E-state index contributed by atoms with van der Waals surface area (Å²) in [4.78, 5) is 37.8. The Morgan fingerprint density at radius 2 is 1.50 bits per heavy atom. The smallest absolute Gasteiger partial charge is 0.334 e. The van der Waals surface area contributed by atoms with Crippen LogP contribution in [0.2, 0.25) is 0 Å². The number of hydrogen-bond donors (Lipinski definition) is 0. The van der Waals surface area contributed by atoms with Gasteiger partial charge in [-0.1, -0.05) is 64.5 Å². The molecule has 0 N–H and O–H groups in total. The average molecular weight is 445 g/mol. The second-order valence-corrected chi connectivity index (χ2v) is 7.41. The number of para-hydroxylation sites is 1. The lowest BCUT2D eigenvalue weighted by atomic mass is 9.95. The van der Waals surface area contributed by atoms with Gasteiger partial charge < -0.3 is 13.9 Å². The van der Waals surface area contributed by atoms with E-state index in [0.717, 1.165) is 14.2 Å². The number of halogens is 1. The van der Waals surface area contributed by atoms with E-state index >= 15 is 0 Å². The van der Waals surface area contributed by atoms with E-state index in [2.05, 4.69) is 15.9 Å². The second kappa shape index (κ2) is 7.98. The average Bonchev–Trinajstić information content (AvgIpc) is 3.09. The van der Waals surface area contributed by atoms with E-state index in [1.165, 1.54) is 0 Å². The highest BCUT2D eigenvalue weighted by Gasteiger charge is 2.48. The minimum atomic E-state index is -1.84. The summed E-state index contributed by atoms with van der Waals surface area (Å²) < 4.78 is 13.5. The first-order chi connectivity index (χ1) is 13.4. The molecular weight excluding hydrogens is 428 g/mol. The van der Waals surface area contributed by atoms with Crippen molar-refractivity contribution in [3.8, 4) is 0 Å². The number of methoxy groups -OCH3 is 2. The lowest BCUT2D eigenvalue weighted by molar-refractivity contribution is -0.155. The van der Waals surface area contributed by atoms with Crippen LogP contribution in [0.15, 0.2) is 59.0 Å². The molecule has 1 heterocycles. The monoisotopic (exact) mass is 444 g/mol. The number of ketones is 1. The molecular formula is C21H17BrO6. The Morgan fingerprint density at radius 3 is 2.11 bits per heavy atom. The van der Waals surface area contributed by atoms with E-state index in [0.29, 0.717) is 22.1 Å². The fraction of sp³-hybridized carbons (Fsp3) is 0.190. The zero-order valence-corrected chi connectivity index (χ0v) is 16.8. The molecule has 0 aliphatic rings. The van der Waals surface area contributed by atoms with Crippen LogP contribution >= 0.6 is 15.9 Å². The van der Waals surface area contributed by atoms with Crippen molar-refractivity contribution in [3.63, 3.8) is 0 Å². The van der Waals surface area contributed by atoms with Crippen molar-refractivity contribution in [1.82, 2.24) is 0 Å². The lowest BCUT2D eigenvalue weighted by Gasteiger charge is -2.21. The zero-order valence-electron chi connectivity index (χ0n) is 15.2. The summed E-state index contributed by atoms with van der Waals surface area (Å²) in [5.41, 5.74) is 1.23. The highest BCUT2D eigenvalue weighted by atomic mass is 79.9. The summed E-state index contributed by atoms with van der Waals surface area (Å²) in [5, 5.41) is 0.593. The Labute approximate surface area is 169 Å². The number of fused-ring (bicyclic) bond motifs is 1. The molecule has 3 rings (SSSR count). The number of ether oxygens (including phenoxy) is 2. The summed E-state index contributed by atoms with van der Waals surface area (Å²) in [6.07, 6.45) is -0.255. The predicted octanol–water partition coefficient (Wildman–Crippen LogP) is 3.69. The number of alkyl halides is 1. The van der Waals surface area contributed by atoms with E-state index in [1.54, 1.807) is 48.5 Å². The molecule has 6 nitrogen and oxygen atoms in total. The number of furan rings is 1. The summed E-state index contributed by atoms with van der Waals surface area (Å²) in [6, 6.07) is 15.7. The van der Waals surface area contributed by atoms with Crippen LogP contribution in [0.3, 0.4) is 0 Å². The molecule has 0 aliphatic heterocycles. The van der Waals surface area contributed by atoms with Gasteiger partial charge in [0, 0.05) is 17.4 Å². The van der Waals surface area contributed by atoms with Crippen molar-refractivity contribution in [1.29, 1.82) is 0 Å². The third-order valence-electron chi connectivity index (χ3n) is 4.35. The maximum absolute atomic E-state index is 13.2. The van der Waals surface area contributed by atoms with E-state index in [-0.39, 0.29) is 18.0 Å². The molecule has 1 aromatic heterocycles. The molecule has 0 amide bonds. The molecule has 0 saturated heterocycles. The largest absolute Gasteiger partial charge is 0.468 e. The molecule has 28 heavy (non-hydrogen) atoms. The molecule has 144 valence electrons. The van der Waals surface area contributed by atoms with Crippen molar-refractivity contribution >= 4 is 44.6 Å². The number of hydrogen-bond acceptors (Lipinski definition) is 6. The van der Waals surface area contributed by atoms with Crippen LogP contribution in [0, 0.1) is 0 Å². The highest BCUT2D eigenvalue weighted by Crippen LogP contribution is 2.34. The zero-order chi connectivity index (χ0) is 20.3. The van der Waals surface area contributed by atoms with Gasteiger partial charge in [0.25, 0.3) is 0 Å². The van der Waals surface area contributed by atoms with E-state index < -0.39 is 16.3 Å². The summed E-state index contributed by atoms with van der Waals surface area (Å²) in [5.74, 6) is -1.79. The summed E-state index contributed by atoms with van der Waals surface area (Å²) in [7, 11) is 2.33. The van der Waals surface area contributed by atoms with Crippen molar-refractivity contribution in [2.75, 3.05) is 14.2 Å². The second-order valence-electron chi connectivity index (χ2n) is 6.05. The van der Waals surface area contributed by atoms with Crippen LogP contribution in [0.25, 0.3) is 11.0 Å². The first-order valence-corrected chi connectivity index (χ1v) is 9.17. The third-order valence-corrected chi connectivity index (χ3v) is 5.28. The molecule has 2 aromatic carbocycles. The van der Waals surface area contributed by atoms with Gasteiger partial charge in [0.15, 0.2) is 5.78 Å². The Bertz CT molecular complexity index is 1020. The number of rotatable bonds is 6. The lowest BCUT2D eigenvalue weighted by Crippen LogP contribution is -2.44. The minimum Gasteiger partial charge on any atom is -0.468 e. The molecule has 0 saturated carbocycles. The molecule has 0 aliphatic carbocycles. The van der Waals surface area contributed by atoms with Crippen LogP contribution in [-0.4, -0.2) is 36.3 Å². The quantitative estimate of drug-likeness (QED) is 0.249. The van der Waals surface area contributed by atoms with Gasteiger partial charge in [0.05, 0.1) is 19.8 Å². The van der Waals surface area contributed by atoms with Crippen molar-refractivity contribution in [3.05, 3.63) is 71.5 Å². The molecule has 7 heteroatoms. The number of esters is 2. The van der Waals surface area contributed by atoms with Gasteiger partial charge in [0.2, 0.25) is 4.32 Å². The maximum atomic E-state index is 13.2. The topological polar surface area (TPSA) is 82.8 Å². The Morgan fingerprint density at radius 1 is 0.929 bits per heavy atom. The third kappa shape index (κ3) is 3.45. The van der Waals surface area contributed by atoms with Gasteiger partial charge in [-0.2, -0.15) is 0 Å². The van der Waals surface area contributed by atoms with E-state index in [9.17, 15) is 14.4 Å². The fourth-order valence-corrected chi connectivity index (χ4v) is 3.55. The SMILES string of the molecule is COC(=O)C(Br)(Cc1oc2ccccc2c1C(=O)c1ccccc1)C(=O)OC. The Balaban J connectivity index is 2.17. The minimum absolute atomic E-state index is 0.183. The van der Waals surface area contributed by atoms with Gasteiger partial charge in [-0.25, -0.2) is 9.59 Å². The highest BCUT2D eigenvalue weighted by molar-refractivity contribution is 9.10. The van der Waals surface area contributed by atoms with Crippen LogP contribution in [0.5, 0.6) is 0 Å². The molecule has 0 spiro atoms. The van der Waals surface area contributed by atoms with Gasteiger partial charge in [0.1, 0.15) is 11.3 Å². The summed E-state index contributed by atoms with van der Waals surface area (Å²) in [6.45, 7) is 0. The van der Waals surface area contributed by atoms with Crippen LogP contribution in [0.1, 0.15) is 21.7 Å². The van der Waals surface area contributed by atoms with Crippen LogP contribution in [0.4, 0.5) is 0 Å². The molecule has 0 fully saturated rings. The van der Waals surface area contributed by atoms with Crippen LogP contribution < -0.4 is 0 Å². The molecule has 0 bridgehead atoms. The Kier molecular flexibility index (Phi) is 5.65. The first-order valence-electron chi connectivity index (χ1n) is 8.38. The van der Waals surface area contributed by atoms with E-state index in [1.807, 2.05) is 6.07 Å². The molecule has 0 atom stereocenters. The van der Waals surface area contributed by atoms with Crippen molar-refractivity contribution in [2.24, 2.45) is 0 Å². The first kappa shape index (κ1) is 19.8. The van der Waals surface area contributed by atoms with Gasteiger partial charge in [-0.3, -0.25) is 4.79 Å². The van der Waals surface area contributed by atoms with Gasteiger partial charge in [-0.05, 0) is 6.07 Å². The molecule has 0 radical (unpaired) electrons. The Hall–Kier alpha value is -2.93. The molecule has 0 unspecified atom stereocenters. The summed E-state index contributed by atoms with van der Waals surface area (Å²) >= 11 is 3.15. The van der Waals surface area contributed by atoms with Crippen molar-refractivity contribution in [2.45, 2.75) is 10.7 Å². The van der Waals surface area contributed by atoms with Crippen molar-refractivity contribution < 1.29 is 28.3 Å². The number of carbonyl (C=O) groups is 3. The van der Waals surface area contributed by atoms with Gasteiger partial charge in [-0.15, -0.1) is 0 Å². The predicted molar refractivity (Wildman–Crippen MR) is 105 cm³/mol. The maximum Gasteiger partial charge on any atom is 0.334 e. The fourth-order valence-electron chi connectivity index (χ4n) is 2.98. The standard InChI is InChI=1S/C21H17BrO6/c1-26-19(24)21(22,20(25)27-2)12-16-17(14-10-6-7-11-15(14)28-16)18(23)13-8-4-3-5-9-13/h3-11H,12H2,1-2H3. The number of carbonyl (C=O) groups excluding carboxylic acids is 3.